The predicted molar refractivity (Wildman–Crippen MR) is 83.3 cm³/mol. The topological polar surface area (TPSA) is 58.6 Å². The minimum Gasteiger partial charge on any atom is -0.468 e. The number of rotatable bonds is 7. The Balaban J connectivity index is 2.66. The van der Waals surface area contributed by atoms with E-state index in [-0.39, 0.29) is 25.0 Å². The van der Waals surface area contributed by atoms with E-state index in [9.17, 15) is 9.59 Å². The lowest BCUT2D eigenvalue weighted by atomic mass is 10.0. The van der Waals surface area contributed by atoms with E-state index in [0.29, 0.717) is 12.5 Å². The molecule has 1 aromatic carbocycles. The lowest BCUT2D eigenvalue weighted by Gasteiger charge is -2.19. The van der Waals surface area contributed by atoms with Crippen LogP contribution in [0, 0.1) is 0 Å². The molecule has 0 aromatic heterocycles. The Morgan fingerprint density at radius 1 is 1.24 bits per heavy atom. The largest absolute Gasteiger partial charge is 0.468 e. The Labute approximate surface area is 126 Å². The highest BCUT2D eigenvalue weighted by Crippen LogP contribution is 2.23. The quantitative estimate of drug-likeness (QED) is 0.783. The molecule has 0 bridgehead atoms. The number of hydrogen-bond acceptors (Lipinski definition) is 4. The van der Waals surface area contributed by atoms with Gasteiger partial charge in [-0.05, 0) is 24.1 Å². The molecular formula is C16H24N2O3. The molecule has 116 valence electrons. The van der Waals surface area contributed by atoms with Gasteiger partial charge in [0.2, 0.25) is 5.91 Å². The Bertz CT molecular complexity index is 486. The van der Waals surface area contributed by atoms with Gasteiger partial charge in [-0.15, -0.1) is 0 Å². The molecule has 0 heterocycles. The van der Waals surface area contributed by atoms with Crippen molar-refractivity contribution in [3.05, 3.63) is 29.8 Å². The van der Waals surface area contributed by atoms with Crippen LogP contribution in [0.25, 0.3) is 0 Å². The lowest BCUT2D eigenvalue weighted by molar-refractivity contribution is -0.142. The van der Waals surface area contributed by atoms with E-state index in [4.69, 9.17) is 0 Å². The number of anilines is 1. The van der Waals surface area contributed by atoms with Gasteiger partial charge in [0.05, 0.1) is 20.2 Å². The molecule has 0 fully saturated rings. The predicted octanol–water partition coefficient (Wildman–Crippen LogP) is 2.24. The highest BCUT2D eigenvalue weighted by Gasteiger charge is 2.14. The molecule has 0 aliphatic rings. The standard InChI is InChI=1S/C16H24N2O3/c1-5-18(11-16(20)21-4)10-15(19)17-14-9-7-6-8-13(14)12(2)3/h6-9,12H,5,10-11H2,1-4H3,(H,17,19). The summed E-state index contributed by atoms with van der Waals surface area (Å²) in [5, 5.41) is 2.92. The van der Waals surface area contributed by atoms with Crippen molar-refractivity contribution < 1.29 is 14.3 Å². The van der Waals surface area contributed by atoms with Crippen LogP contribution in [0.1, 0.15) is 32.3 Å². The van der Waals surface area contributed by atoms with Gasteiger partial charge < -0.3 is 10.1 Å². The minimum atomic E-state index is -0.341. The average molecular weight is 292 g/mol. The van der Waals surface area contributed by atoms with Crippen molar-refractivity contribution in [1.29, 1.82) is 0 Å². The number of carbonyl (C=O) groups excluding carboxylic acids is 2. The third-order valence-electron chi connectivity index (χ3n) is 3.25. The molecule has 0 atom stereocenters. The van der Waals surface area contributed by atoms with Gasteiger partial charge in [-0.2, -0.15) is 0 Å². The third kappa shape index (κ3) is 5.55. The molecule has 0 aliphatic heterocycles. The second-order valence-corrected chi connectivity index (χ2v) is 5.17. The number of hydrogen-bond donors (Lipinski definition) is 1. The molecule has 5 nitrogen and oxygen atoms in total. The smallest absolute Gasteiger partial charge is 0.319 e. The number of methoxy groups -OCH3 is 1. The number of likely N-dealkylation sites (N-methyl/N-ethyl adjacent to an activating group) is 1. The van der Waals surface area contributed by atoms with Crippen LogP contribution in [0.15, 0.2) is 24.3 Å². The molecule has 0 saturated carbocycles. The van der Waals surface area contributed by atoms with Gasteiger partial charge in [0.15, 0.2) is 0 Å². The van der Waals surface area contributed by atoms with E-state index in [0.717, 1.165) is 11.3 Å². The van der Waals surface area contributed by atoms with E-state index in [1.165, 1.54) is 7.11 Å². The summed E-state index contributed by atoms with van der Waals surface area (Å²) in [6.45, 7) is 6.96. The number of ether oxygens (including phenoxy) is 1. The van der Waals surface area contributed by atoms with E-state index >= 15 is 0 Å². The number of para-hydroxylation sites is 1. The molecule has 1 amide bonds. The Morgan fingerprint density at radius 2 is 1.90 bits per heavy atom. The zero-order chi connectivity index (χ0) is 15.8. The maximum atomic E-state index is 12.1. The van der Waals surface area contributed by atoms with Crippen LogP contribution in [0.2, 0.25) is 0 Å². The molecular weight excluding hydrogens is 268 g/mol. The molecule has 0 spiro atoms. The number of carbonyl (C=O) groups is 2. The first-order chi connectivity index (χ1) is 9.97. The van der Waals surface area contributed by atoms with E-state index in [1.54, 1.807) is 4.90 Å². The van der Waals surface area contributed by atoms with Gasteiger partial charge in [-0.1, -0.05) is 39.0 Å². The molecule has 0 radical (unpaired) electrons. The first-order valence-corrected chi connectivity index (χ1v) is 7.15. The van der Waals surface area contributed by atoms with Gasteiger partial charge in [-0.25, -0.2) is 0 Å². The van der Waals surface area contributed by atoms with E-state index in [1.807, 2.05) is 31.2 Å². The molecule has 0 unspecified atom stereocenters. The van der Waals surface area contributed by atoms with Gasteiger partial charge in [-0.3, -0.25) is 14.5 Å². The molecule has 0 aliphatic carbocycles. The Kier molecular flexibility index (Phi) is 6.88. The van der Waals surface area contributed by atoms with Crippen LogP contribution in [0.4, 0.5) is 5.69 Å². The third-order valence-corrected chi connectivity index (χ3v) is 3.25. The summed E-state index contributed by atoms with van der Waals surface area (Å²) in [6, 6.07) is 7.75. The minimum absolute atomic E-state index is 0.117. The molecule has 1 N–H and O–H groups in total. The number of nitrogens with one attached hydrogen (secondary N) is 1. The van der Waals surface area contributed by atoms with Crippen molar-refractivity contribution in [2.45, 2.75) is 26.7 Å². The van der Waals surface area contributed by atoms with Gasteiger partial charge >= 0.3 is 5.97 Å². The zero-order valence-electron chi connectivity index (χ0n) is 13.2. The molecule has 1 aromatic rings. The lowest BCUT2D eigenvalue weighted by Crippen LogP contribution is -2.37. The summed E-state index contributed by atoms with van der Waals surface area (Å²) in [4.78, 5) is 25.1. The van der Waals surface area contributed by atoms with Gasteiger partial charge in [0.25, 0.3) is 0 Å². The fourth-order valence-corrected chi connectivity index (χ4v) is 2.03. The van der Waals surface area contributed by atoms with Crippen LogP contribution in [-0.2, 0) is 14.3 Å². The number of nitrogens with zero attached hydrogens (tertiary/aromatic N) is 1. The number of benzene rings is 1. The SMILES string of the molecule is CCN(CC(=O)Nc1ccccc1C(C)C)CC(=O)OC. The average Bonchev–Trinajstić information content (AvgIpc) is 2.46. The zero-order valence-corrected chi connectivity index (χ0v) is 13.2. The summed E-state index contributed by atoms with van der Waals surface area (Å²) in [5.41, 5.74) is 1.92. The van der Waals surface area contributed by atoms with Gasteiger partial charge in [0.1, 0.15) is 0 Å². The maximum absolute atomic E-state index is 12.1. The van der Waals surface area contributed by atoms with Crippen LogP contribution >= 0.6 is 0 Å². The highest BCUT2D eigenvalue weighted by molar-refractivity contribution is 5.93. The second kappa shape index (κ2) is 8.42. The number of amides is 1. The monoisotopic (exact) mass is 292 g/mol. The summed E-state index contributed by atoms with van der Waals surface area (Å²) in [7, 11) is 1.34. The summed E-state index contributed by atoms with van der Waals surface area (Å²) < 4.78 is 4.62. The first kappa shape index (κ1) is 17.2. The molecule has 5 heteroatoms. The van der Waals surface area contributed by atoms with E-state index < -0.39 is 0 Å². The van der Waals surface area contributed by atoms with Crippen molar-refractivity contribution in [1.82, 2.24) is 4.90 Å². The fourth-order valence-electron chi connectivity index (χ4n) is 2.03. The molecule has 1 rings (SSSR count). The summed E-state index contributed by atoms with van der Waals surface area (Å²) >= 11 is 0. The summed E-state index contributed by atoms with van der Waals surface area (Å²) in [5.74, 6) is -0.139. The molecule has 0 saturated heterocycles. The second-order valence-electron chi connectivity index (χ2n) is 5.17. The Hall–Kier alpha value is -1.88. The van der Waals surface area contributed by atoms with Crippen molar-refractivity contribution in [3.63, 3.8) is 0 Å². The van der Waals surface area contributed by atoms with Crippen molar-refractivity contribution in [2.24, 2.45) is 0 Å². The number of esters is 1. The van der Waals surface area contributed by atoms with Crippen molar-refractivity contribution in [2.75, 3.05) is 32.1 Å². The first-order valence-electron chi connectivity index (χ1n) is 7.15. The van der Waals surface area contributed by atoms with Crippen LogP contribution in [0.5, 0.6) is 0 Å². The van der Waals surface area contributed by atoms with Crippen LogP contribution in [-0.4, -0.2) is 43.5 Å². The fraction of sp³-hybridized carbons (Fsp3) is 0.500. The Morgan fingerprint density at radius 3 is 2.48 bits per heavy atom. The van der Waals surface area contributed by atoms with Gasteiger partial charge in [0, 0.05) is 5.69 Å². The maximum Gasteiger partial charge on any atom is 0.319 e. The van der Waals surface area contributed by atoms with Crippen LogP contribution in [0.3, 0.4) is 0 Å². The highest BCUT2D eigenvalue weighted by atomic mass is 16.5. The van der Waals surface area contributed by atoms with Crippen molar-refractivity contribution in [3.8, 4) is 0 Å². The van der Waals surface area contributed by atoms with Crippen molar-refractivity contribution >= 4 is 17.6 Å². The summed E-state index contributed by atoms with van der Waals surface area (Å²) in [6.07, 6.45) is 0. The van der Waals surface area contributed by atoms with E-state index in [2.05, 4.69) is 23.9 Å². The van der Waals surface area contributed by atoms with Crippen LogP contribution < -0.4 is 5.32 Å². The normalized spacial score (nSPS) is 10.8. The molecule has 21 heavy (non-hydrogen) atoms.